The van der Waals surface area contributed by atoms with Crippen molar-refractivity contribution in [3.8, 4) is 10.9 Å². The van der Waals surface area contributed by atoms with Gasteiger partial charge in [0.25, 0.3) is 11.1 Å². The molecule has 32 heavy (non-hydrogen) atoms. The number of likely N-dealkylation sites (tertiary alicyclic amines) is 1. The topological polar surface area (TPSA) is 54.5 Å². The summed E-state index contributed by atoms with van der Waals surface area (Å²) < 4.78 is 7.07. The van der Waals surface area contributed by atoms with E-state index < -0.39 is 0 Å². The smallest absolute Gasteiger partial charge is 0.279 e. The highest BCUT2D eigenvalue weighted by Gasteiger charge is 2.53. The minimum atomic E-state index is 0.190. The van der Waals surface area contributed by atoms with E-state index in [1.165, 1.54) is 23.3 Å². The molecule has 3 atom stereocenters. The van der Waals surface area contributed by atoms with Gasteiger partial charge in [-0.3, -0.25) is 4.79 Å². The van der Waals surface area contributed by atoms with Crippen LogP contribution in [0.2, 0.25) is 0 Å². The molecule has 0 spiro atoms. The Morgan fingerprint density at radius 3 is 2.81 bits per heavy atom. The number of nitrogens with zero attached hydrogens (tertiary/aromatic N) is 2. The van der Waals surface area contributed by atoms with Gasteiger partial charge in [-0.2, -0.15) is 0 Å². The number of hydrogen-bond donors (Lipinski definition) is 1. The number of aromatic nitrogens is 1. The molecule has 1 saturated carbocycles. The van der Waals surface area contributed by atoms with E-state index in [9.17, 15) is 4.79 Å². The number of carbonyl (C=O) groups is 1. The molecule has 5 nitrogen and oxygen atoms in total. The molecule has 1 saturated heterocycles. The number of amides is 1. The summed E-state index contributed by atoms with van der Waals surface area (Å²) in [5.41, 5.74) is 2.16. The van der Waals surface area contributed by atoms with Gasteiger partial charge < -0.3 is 15.0 Å². The highest BCUT2D eigenvalue weighted by molar-refractivity contribution is 7.20. The van der Waals surface area contributed by atoms with Crippen LogP contribution in [-0.2, 0) is 6.54 Å². The van der Waals surface area contributed by atoms with Crippen molar-refractivity contribution in [3.05, 3.63) is 76.5 Å². The quantitative estimate of drug-likeness (QED) is 0.400. The number of para-hydroxylation sites is 1. The van der Waals surface area contributed by atoms with E-state index in [0.717, 1.165) is 40.5 Å². The number of ether oxygens (including phenoxy) is 1. The molecule has 4 aromatic rings. The molecule has 1 amide bonds. The third-order valence-corrected chi connectivity index (χ3v) is 8.15. The molecule has 3 unspecified atom stereocenters. The van der Waals surface area contributed by atoms with Crippen LogP contribution in [0, 0.1) is 11.8 Å². The molecular weight excluding hydrogens is 438 g/mol. The Morgan fingerprint density at radius 1 is 1.12 bits per heavy atom. The van der Waals surface area contributed by atoms with Crippen molar-refractivity contribution in [2.45, 2.75) is 19.0 Å². The molecule has 2 aliphatic rings. The number of hydrogen-bond acceptors (Lipinski definition) is 6. The second kappa shape index (κ2) is 8.31. The molecule has 3 heterocycles. The third-order valence-electron chi connectivity index (χ3n) is 6.38. The number of piperidine rings is 1. The maximum Gasteiger partial charge on any atom is 0.279 e. The molecule has 2 fully saturated rings. The summed E-state index contributed by atoms with van der Waals surface area (Å²) in [6, 6.07) is 20.4. The molecule has 7 heteroatoms. The molecule has 1 aliphatic heterocycles. The van der Waals surface area contributed by atoms with Gasteiger partial charge in [-0.15, -0.1) is 11.3 Å². The van der Waals surface area contributed by atoms with Crippen LogP contribution in [0.15, 0.2) is 66.0 Å². The van der Waals surface area contributed by atoms with Gasteiger partial charge in [0.05, 0.1) is 15.1 Å². The average Bonchev–Trinajstić information content (AvgIpc) is 3.17. The number of carbonyl (C=O) groups excluding carboxylic acids is 1. The number of nitrogens with one attached hydrogen (secondary N) is 1. The summed E-state index contributed by atoms with van der Waals surface area (Å²) in [5, 5.41) is 6.21. The maximum atomic E-state index is 12.9. The first kappa shape index (κ1) is 19.9. The highest BCUT2D eigenvalue weighted by atomic mass is 32.1. The first-order chi connectivity index (χ1) is 15.7. The Morgan fingerprint density at radius 2 is 2.00 bits per heavy atom. The van der Waals surface area contributed by atoms with Crippen molar-refractivity contribution < 1.29 is 9.53 Å². The van der Waals surface area contributed by atoms with Crippen molar-refractivity contribution in [2.24, 2.45) is 11.8 Å². The second-order valence-electron chi connectivity index (χ2n) is 8.49. The van der Waals surface area contributed by atoms with Crippen LogP contribution in [0.3, 0.4) is 0 Å². The van der Waals surface area contributed by atoms with Crippen molar-refractivity contribution in [3.63, 3.8) is 0 Å². The average molecular weight is 462 g/mol. The summed E-state index contributed by atoms with van der Waals surface area (Å²) in [6.07, 6.45) is 1.26. The lowest BCUT2D eigenvalue weighted by Gasteiger charge is -2.27. The fraction of sp³-hybridized carbons (Fsp3) is 0.280. The zero-order valence-corrected chi connectivity index (χ0v) is 19.1. The summed E-state index contributed by atoms with van der Waals surface area (Å²) in [6.45, 7) is 2.52. The Labute approximate surface area is 194 Å². The Kier molecular flexibility index (Phi) is 5.17. The van der Waals surface area contributed by atoms with E-state index in [1.54, 1.807) is 11.3 Å². The SMILES string of the molecule is O=C(c1cccs1)N1CC2CC2C1CNCc1ccc(Oc2nc3ccccc3s2)cc1. The maximum absolute atomic E-state index is 12.9. The van der Waals surface area contributed by atoms with Crippen LogP contribution in [-0.4, -0.2) is 34.9 Å². The van der Waals surface area contributed by atoms with Gasteiger partial charge in [-0.05, 0) is 59.5 Å². The van der Waals surface area contributed by atoms with E-state index in [-0.39, 0.29) is 5.91 Å². The first-order valence-electron chi connectivity index (χ1n) is 10.9. The van der Waals surface area contributed by atoms with Gasteiger partial charge in [0.1, 0.15) is 5.75 Å². The minimum absolute atomic E-state index is 0.190. The van der Waals surface area contributed by atoms with E-state index in [4.69, 9.17) is 4.74 Å². The molecule has 0 radical (unpaired) electrons. The van der Waals surface area contributed by atoms with Gasteiger partial charge in [0, 0.05) is 25.7 Å². The summed E-state index contributed by atoms with van der Waals surface area (Å²) in [4.78, 5) is 20.3. The van der Waals surface area contributed by atoms with Crippen LogP contribution in [0.1, 0.15) is 21.7 Å². The first-order valence-corrected chi connectivity index (χ1v) is 12.6. The van der Waals surface area contributed by atoms with Crippen molar-refractivity contribution >= 4 is 38.8 Å². The van der Waals surface area contributed by atoms with Crippen LogP contribution in [0.25, 0.3) is 10.2 Å². The van der Waals surface area contributed by atoms with Crippen LogP contribution in [0.5, 0.6) is 10.9 Å². The monoisotopic (exact) mass is 461 g/mol. The van der Waals surface area contributed by atoms with Crippen LogP contribution < -0.4 is 10.1 Å². The Hall–Kier alpha value is -2.74. The largest absolute Gasteiger partial charge is 0.431 e. The molecular formula is C25H23N3O2S2. The molecule has 6 rings (SSSR count). The normalized spacial score (nSPS) is 21.6. The predicted octanol–water partition coefficient (Wildman–Crippen LogP) is 5.40. The zero-order chi connectivity index (χ0) is 21.5. The summed E-state index contributed by atoms with van der Waals surface area (Å²) >= 11 is 3.08. The predicted molar refractivity (Wildman–Crippen MR) is 129 cm³/mol. The third kappa shape index (κ3) is 3.92. The van der Waals surface area contributed by atoms with Gasteiger partial charge in [0.2, 0.25) is 0 Å². The molecule has 162 valence electrons. The van der Waals surface area contributed by atoms with Gasteiger partial charge >= 0.3 is 0 Å². The summed E-state index contributed by atoms with van der Waals surface area (Å²) in [7, 11) is 0. The molecule has 1 aliphatic carbocycles. The van der Waals surface area contributed by atoms with E-state index in [1.807, 2.05) is 47.8 Å². The van der Waals surface area contributed by atoms with Crippen molar-refractivity contribution in [1.29, 1.82) is 0 Å². The fourth-order valence-corrected chi connectivity index (χ4v) is 6.16. The highest BCUT2D eigenvalue weighted by Crippen LogP contribution is 2.49. The van der Waals surface area contributed by atoms with E-state index in [0.29, 0.717) is 23.1 Å². The molecule has 1 N–H and O–H groups in total. The Balaban J connectivity index is 1.04. The lowest BCUT2D eigenvalue weighted by Crippen LogP contribution is -2.44. The number of thiazole rings is 1. The van der Waals surface area contributed by atoms with Crippen LogP contribution >= 0.6 is 22.7 Å². The van der Waals surface area contributed by atoms with Crippen molar-refractivity contribution in [2.75, 3.05) is 13.1 Å². The van der Waals surface area contributed by atoms with E-state index in [2.05, 4.69) is 33.4 Å². The molecule has 2 aromatic carbocycles. The minimum Gasteiger partial charge on any atom is -0.431 e. The number of rotatable bonds is 7. The second-order valence-corrected chi connectivity index (χ2v) is 10.4. The molecule has 0 bridgehead atoms. The summed E-state index contributed by atoms with van der Waals surface area (Å²) in [5.74, 6) is 2.34. The lowest BCUT2D eigenvalue weighted by atomic mass is 10.1. The van der Waals surface area contributed by atoms with Gasteiger partial charge in [0.15, 0.2) is 0 Å². The van der Waals surface area contributed by atoms with Gasteiger partial charge in [-0.25, -0.2) is 4.98 Å². The lowest BCUT2D eigenvalue weighted by molar-refractivity contribution is 0.0710. The van der Waals surface area contributed by atoms with Crippen LogP contribution in [0.4, 0.5) is 0 Å². The standard InChI is InChI=1S/C25H23N3O2S2/c29-24(23-6-3-11-31-23)28-15-17-12-19(17)21(28)14-26-13-16-7-9-18(10-8-16)30-25-27-20-4-1-2-5-22(20)32-25/h1-11,17,19,21,26H,12-15H2. The number of thiophene rings is 1. The van der Waals surface area contributed by atoms with Crippen molar-refractivity contribution in [1.82, 2.24) is 15.2 Å². The van der Waals surface area contributed by atoms with E-state index >= 15 is 0 Å². The fourth-order valence-electron chi connectivity index (χ4n) is 4.64. The molecule has 2 aromatic heterocycles. The number of benzene rings is 2. The van der Waals surface area contributed by atoms with Gasteiger partial charge in [-0.1, -0.05) is 41.7 Å². The Bertz CT molecular complexity index is 1200. The number of fused-ring (bicyclic) bond motifs is 2. The zero-order valence-electron chi connectivity index (χ0n) is 17.4.